The van der Waals surface area contributed by atoms with Gasteiger partial charge in [0.05, 0.1) is 0 Å². The van der Waals surface area contributed by atoms with E-state index in [9.17, 15) is 9.59 Å². The molecule has 4 nitrogen and oxygen atoms in total. The van der Waals surface area contributed by atoms with Crippen molar-refractivity contribution in [2.24, 2.45) is 5.92 Å². The molecule has 2 rings (SSSR count). The lowest BCUT2D eigenvalue weighted by atomic mass is 10.1. The molecule has 0 radical (unpaired) electrons. The zero-order chi connectivity index (χ0) is 18.2. The van der Waals surface area contributed by atoms with Gasteiger partial charge in [0.15, 0.2) is 0 Å². The summed E-state index contributed by atoms with van der Waals surface area (Å²) in [6.07, 6.45) is 0. The average molecular weight is 338 g/mol. The molecule has 1 N–H and O–H groups in total. The molecule has 132 valence electrons. The molecule has 2 aromatic rings. The normalized spacial score (nSPS) is 10.6. The summed E-state index contributed by atoms with van der Waals surface area (Å²) in [4.78, 5) is 26.6. The number of nitrogens with zero attached hydrogens (tertiary/aromatic N) is 1. The zero-order valence-corrected chi connectivity index (χ0v) is 15.2. The lowest BCUT2D eigenvalue weighted by molar-refractivity contribution is 0.0752. The molecule has 0 aliphatic rings. The molecule has 0 fully saturated rings. The van der Waals surface area contributed by atoms with Crippen molar-refractivity contribution >= 4 is 11.8 Å². The number of hydrogen-bond acceptors (Lipinski definition) is 2. The van der Waals surface area contributed by atoms with E-state index in [-0.39, 0.29) is 11.8 Å². The predicted molar refractivity (Wildman–Crippen MR) is 100 cm³/mol. The van der Waals surface area contributed by atoms with Gasteiger partial charge in [-0.05, 0) is 42.7 Å². The third-order valence-corrected chi connectivity index (χ3v) is 3.95. The first-order valence-corrected chi connectivity index (χ1v) is 8.72. The second-order valence-corrected chi connectivity index (χ2v) is 6.49. The van der Waals surface area contributed by atoms with Crippen molar-refractivity contribution in [2.75, 3.05) is 13.1 Å². The Morgan fingerprint density at radius 1 is 0.960 bits per heavy atom. The Balaban J connectivity index is 2.04. The van der Waals surface area contributed by atoms with Crippen LogP contribution in [0.15, 0.2) is 54.6 Å². The first kappa shape index (κ1) is 18.7. The Kier molecular flexibility index (Phi) is 6.75. The fourth-order valence-corrected chi connectivity index (χ4v) is 2.48. The molecule has 4 heteroatoms. The summed E-state index contributed by atoms with van der Waals surface area (Å²) in [7, 11) is 0. The number of amides is 2. The van der Waals surface area contributed by atoms with Gasteiger partial charge in [-0.1, -0.05) is 44.2 Å². The predicted octanol–water partition coefficient (Wildman–Crippen LogP) is 3.73. The van der Waals surface area contributed by atoms with Crippen molar-refractivity contribution in [3.8, 4) is 0 Å². The minimum absolute atomic E-state index is 0.0273. The zero-order valence-electron chi connectivity index (χ0n) is 15.2. The Morgan fingerprint density at radius 2 is 1.56 bits per heavy atom. The van der Waals surface area contributed by atoms with Crippen LogP contribution in [0.3, 0.4) is 0 Å². The summed E-state index contributed by atoms with van der Waals surface area (Å²) >= 11 is 0. The highest BCUT2D eigenvalue weighted by Crippen LogP contribution is 2.11. The molecule has 0 bridgehead atoms. The Labute approximate surface area is 149 Å². The monoisotopic (exact) mass is 338 g/mol. The molecule has 0 aliphatic carbocycles. The van der Waals surface area contributed by atoms with Crippen LogP contribution in [0.25, 0.3) is 0 Å². The number of rotatable bonds is 7. The van der Waals surface area contributed by atoms with Crippen molar-refractivity contribution in [2.45, 2.75) is 27.3 Å². The van der Waals surface area contributed by atoms with Gasteiger partial charge in [0.1, 0.15) is 0 Å². The molecule has 25 heavy (non-hydrogen) atoms. The van der Waals surface area contributed by atoms with E-state index in [0.29, 0.717) is 36.7 Å². The topological polar surface area (TPSA) is 49.4 Å². The molecule has 0 heterocycles. The highest BCUT2D eigenvalue weighted by atomic mass is 16.2. The molecule has 2 aromatic carbocycles. The fraction of sp³-hybridized carbons (Fsp3) is 0.333. The maximum absolute atomic E-state index is 12.7. The van der Waals surface area contributed by atoms with E-state index in [1.54, 1.807) is 29.2 Å². The second kappa shape index (κ2) is 9.02. The molecule has 2 amide bonds. The fourth-order valence-electron chi connectivity index (χ4n) is 2.48. The Bertz CT molecular complexity index is 694. The molecule has 0 saturated carbocycles. The first-order chi connectivity index (χ1) is 12.0. The third-order valence-electron chi connectivity index (χ3n) is 3.95. The van der Waals surface area contributed by atoms with Crippen molar-refractivity contribution in [1.82, 2.24) is 10.2 Å². The molecule has 0 atom stereocenters. The van der Waals surface area contributed by atoms with Gasteiger partial charge in [-0.3, -0.25) is 9.59 Å². The lowest BCUT2D eigenvalue weighted by Gasteiger charge is -2.21. The van der Waals surface area contributed by atoms with E-state index in [1.807, 2.05) is 51.1 Å². The van der Waals surface area contributed by atoms with Crippen LogP contribution in [0, 0.1) is 5.92 Å². The van der Waals surface area contributed by atoms with Gasteiger partial charge in [-0.25, -0.2) is 0 Å². The van der Waals surface area contributed by atoms with Gasteiger partial charge in [-0.15, -0.1) is 0 Å². The van der Waals surface area contributed by atoms with E-state index in [0.717, 1.165) is 5.56 Å². The van der Waals surface area contributed by atoms with Gasteiger partial charge in [-0.2, -0.15) is 0 Å². The first-order valence-electron chi connectivity index (χ1n) is 8.72. The van der Waals surface area contributed by atoms with Crippen molar-refractivity contribution in [3.63, 3.8) is 0 Å². The third kappa shape index (κ3) is 5.45. The number of carbonyl (C=O) groups is 2. The van der Waals surface area contributed by atoms with Crippen LogP contribution in [-0.4, -0.2) is 29.8 Å². The molecule has 0 saturated heterocycles. The highest BCUT2D eigenvalue weighted by Gasteiger charge is 2.15. The molecule has 0 unspecified atom stereocenters. The number of nitrogens with one attached hydrogen (secondary N) is 1. The van der Waals surface area contributed by atoms with E-state index in [4.69, 9.17) is 0 Å². The maximum atomic E-state index is 12.7. The van der Waals surface area contributed by atoms with E-state index in [1.165, 1.54) is 0 Å². The number of hydrogen-bond donors (Lipinski definition) is 1. The van der Waals surface area contributed by atoms with Gasteiger partial charge in [0, 0.05) is 30.8 Å². The van der Waals surface area contributed by atoms with Crippen molar-refractivity contribution in [3.05, 3.63) is 71.3 Å². The minimum Gasteiger partial charge on any atom is -0.352 e. The van der Waals surface area contributed by atoms with E-state index >= 15 is 0 Å². The maximum Gasteiger partial charge on any atom is 0.254 e. The van der Waals surface area contributed by atoms with E-state index < -0.39 is 0 Å². The van der Waals surface area contributed by atoms with Crippen LogP contribution in [0.2, 0.25) is 0 Å². The smallest absolute Gasteiger partial charge is 0.254 e. The molecular formula is C21H26N2O2. The van der Waals surface area contributed by atoms with E-state index in [2.05, 4.69) is 5.32 Å². The second-order valence-electron chi connectivity index (χ2n) is 6.49. The Hall–Kier alpha value is -2.62. The molecule has 0 aliphatic heterocycles. The van der Waals surface area contributed by atoms with Crippen molar-refractivity contribution in [1.29, 1.82) is 0 Å². The van der Waals surface area contributed by atoms with Crippen LogP contribution in [0.4, 0.5) is 0 Å². The largest absolute Gasteiger partial charge is 0.352 e. The summed E-state index contributed by atoms with van der Waals surface area (Å²) < 4.78 is 0. The summed E-state index contributed by atoms with van der Waals surface area (Å²) in [5.41, 5.74) is 2.27. The van der Waals surface area contributed by atoms with Gasteiger partial charge < -0.3 is 10.2 Å². The van der Waals surface area contributed by atoms with Crippen LogP contribution in [-0.2, 0) is 6.54 Å². The van der Waals surface area contributed by atoms with Gasteiger partial charge in [0.2, 0.25) is 0 Å². The summed E-state index contributed by atoms with van der Waals surface area (Å²) in [6, 6.07) is 16.8. The summed E-state index contributed by atoms with van der Waals surface area (Å²) in [5, 5.41) is 2.88. The van der Waals surface area contributed by atoms with Crippen LogP contribution in [0.5, 0.6) is 0 Å². The highest BCUT2D eigenvalue weighted by molar-refractivity contribution is 5.97. The molecule has 0 spiro atoms. The number of carbonyl (C=O) groups excluding carboxylic acids is 2. The average Bonchev–Trinajstić information content (AvgIpc) is 2.64. The Morgan fingerprint density at radius 3 is 2.12 bits per heavy atom. The summed E-state index contributed by atoms with van der Waals surface area (Å²) in [5.74, 6) is 0.269. The quantitative estimate of drug-likeness (QED) is 0.836. The van der Waals surface area contributed by atoms with Gasteiger partial charge >= 0.3 is 0 Å². The summed E-state index contributed by atoms with van der Waals surface area (Å²) in [6.45, 7) is 7.91. The lowest BCUT2D eigenvalue weighted by Crippen LogP contribution is -2.30. The van der Waals surface area contributed by atoms with Crippen LogP contribution >= 0.6 is 0 Å². The minimum atomic E-state index is -0.107. The molecular weight excluding hydrogens is 312 g/mol. The number of benzene rings is 2. The van der Waals surface area contributed by atoms with Crippen LogP contribution in [0.1, 0.15) is 47.1 Å². The standard InChI is InChI=1S/C21H26N2O2/c1-4-23(15-17-8-6-5-7-9-17)21(25)19-12-10-18(11-13-19)20(24)22-14-16(2)3/h5-13,16H,4,14-15H2,1-3H3,(H,22,24). The van der Waals surface area contributed by atoms with Gasteiger partial charge in [0.25, 0.3) is 11.8 Å². The van der Waals surface area contributed by atoms with Crippen LogP contribution < -0.4 is 5.32 Å². The van der Waals surface area contributed by atoms with Crippen molar-refractivity contribution < 1.29 is 9.59 Å². The SMILES string of the molecule is CCN(Cc1ccccc1)C(=O)c1ccc(C(=O)NCC(C)C)cc1. The molecule has 0 aromatic heterocycles.